The number of nitrogens with one attached hydrogen (secondary N) is 2. The van der Waals surface area contributed by atoms with Crippen molar-refractivity contribution in [2.75, 3.05) is 13.7 Å². The van der Waals surface area contributed by atoms with Gasteiger partial charge in [0.15, 0.2) is 5.96 Å². The highest BCUT2D eigenvalue weighted by Crippen LogP contribution is 2.16. The first-order valence-electron chi connectivity index (χ1n) is 9.84. The third-order valence-corrected chi connectivity index (χ3v) is 4.39. The third-order valence-electron chi connectivity index (χ3n) is 4.39. The van der Waals surface area contributed by atoms with Gasteiger partial charge in [0.1, 0.15) is 11.5 Å². The number of aryl methyl sites for hydroxylation is 2. The molecule has 2 rings (SSSR count). The smallest absolute Gasteiger partial charge is 0.191 e. The molecule has 1 aromatic heterocycles. The van der Waals surface area contributed by atoms with Gasteiger partial charge in [0.25, 0.3) is 0 Å². The van der Waals surface area contributed by atoms with Crippen molar-refractivity contribution in [1.82, 2.24) is 15.8 Å². The zero-order chi connectivity index (χ0) is 19.5. The van der Waals surface area contributed by atoms with Gasteiger partial charge in [0.05, 0.1) is 12.3 Å². The second-order valence-corrected chi connectivity index (χ2v) is 6.37. The summed E-state index contributed by atoms with van der Waals surface area (Å²) in [4.78, 5) is 4.31. The fraction of sp³-hybridized carbons (Fsp3) is 0.524. The van der Waals surface area contributed by atoms with Crippen LogP contribution in [0.4, 0.5) is 0 Å². The molecule has 6 nitrogen and oxygen atoms in total. The number of aromatic nitrogens is 1. The Morgan fingerprint density at radius 2 is 1.93 bits per heavy atom. The number of benzene rings is 1. The molecule has 2 aromatic rings. The molecule has 0 spiro atoms. The Labute approximate surface area is 185 Å². The highest BCUT2D eigenvalue weighted by Gasteiger charge is 2.13. The monoisotopic (exact) mass is 500 g/mol. The van der Waals surface area contributed by atoms with Crippen LogP contribution in [0, 0.1) is 0 Å². The largest absolute Gasteiger partial charge is 0.494 e. The van der Waals surface area contributed by atoms with Crippen LogP contribution in [0.1, 0.15) is 56.2 Å². The molecule has 7 heteroatoms. The molecule has 0 amide bonds. The number of aliphatic imine (C=N–C) groups is 1. The topological polar surface area (TPSA) is 71.7 Å². The summed E-state index contributed by atoms with van der Waals surface area (Å²) in [5.41, 5.74) is 3.29. The molecular weight excluding hydrogens is 467 g/mol. The summed E-state index contributed by atoms with van der Waals surface area (Å²) in [6.07, 6.45) is 3.90. The molecule has 0 unspecified atom stereocenters. The summed E-state index contributed by atoms with van der Waals surface area (Å²) in [6.45, 7) is 8.41. The number of guanidine groups is 1. The SMILES string of the molecule is CCCCOc1cccc(CNC(=NC)NCc2c(CC)noc2CC)c1.I. The lowest BCUT2D eigenvalue weighted by atomic mass is 10.1. The molecule has 0 aliphatic heterocycles. The van der Waals surface area contributed by atoms with Gasteiger partial charge in [-0.15, -0.1) is 24.0 Å². The first-order valence-corrected chi connectivity index (χ1v) is 9.84. The van der Waals surface area contributed by atoms with Crippen molar-refractivity contribution in [2.45, 2.75) is 59.5 Å². The Morgan fingerprint density at radius 3 is 2.61 bits per heavy atom. The Hall–Kier alpha value is -1.77. The molecule has 0 saturated heterocycles. The lowest BCUT2D eigenvalue weighted by Gasteiger charge is -2.13. The Kier molecular flexibility index (Phi) is 11.6. The summed E-state index contributed by atoms with van der Waals surface area (Å²) >= 11 is 0. The summed E-state index contributed by atoms with van der Waals surface area (Å²) in [6, 6.07) is 8.17. The Morgan fingerprint density at radius 1 is 1.14 bits per heavy atom. The van der Waals surface area contributed by atoms with Crippen molar-refractivity contribution >= 4 is 29.9 Å². The minimum atomic E-state index is 0. The van der Waals surface area contributed by atoms with Crippen LogP contribution < -0.4 is 15.4 Å². The minimum absolute atomic E-state index is 0. The van der Waals surface area contributed by atoms with E-state index in [1.807, 2.05) is 12.1 Å². The number of nitrogens with zero attached hydrogens (tertiary/aromatic N) is 2. The van der Waals surface area contributed by atoms with Crippen LogP contribution in [0.25, 0.3) is 0 Å². The van der Waals surface area contributed by atoms with Crippen molar-refractivity contribution in [3.63, 3.8) is 0 Å². The van der Waals surface area contributed by atoms with Crippen LogP contribution in [-0.4, -0.2) is 24.8 Å². The number of rotatable bonds is 10. The van der Waals surface area contributed by atoms with E-state index in [0.717, 1.165) is 66.6 Å². The average molecular weight is 500 g/mol. The zero-order valence-corrected chi connectivity index (χ0v) is 19.7. The highest BCUT2D eigenvalue weighted by molar-refractivity contribution is 14.0. The van der Waals surface area contributed by atoms with Crippen LogP contribution in [-0.2, 0) is 25.9 Å². The van der Waals surface area contributed by atoms with Crippen LogP contribution in [0.5, 0.6) is 5.75 Å². The average Bonchev–Trinajstić information content (AvgIpc) is 3.10. The molecule has 0 fully saturated rings. The van der Waals surface area contributed by atoms with Crippen LogP contribution in [0.15, 0.2) is 33.8 Å². The van der Waals surface area contributed by atoms with Gasteiger partial charge in [0.2, 0.25) is 0 Å². The van der Waals surface area contributed by atoms with E-state index in [9.17, 15) is 0 Å². The molecule has 2 N–H and O–H groups in total. The van der Waals surface area contributed by atoms with E-state index in [4.69, 9.17) is 9.26 Å². The van der Waals surface area contributed by atoms with Gasteiger partial charge in [-0.3, -0.25) is 4.99 Å². The van der Waals surface area contributed by atoms with Gasteiger partial charge >= 0.3 is 0 Å². The van der Waals surface area contributed by atoms with Crippen molar-refractivity contribution in [1.29, 1.82) is 0 Å². The van der Waals surface area contributed by atoms with E-state index in [0.29, 0.717) is 13.1 Å². The van der Waals surface area contributed by atoms with Crippen LogP contribution in [0.2, 0.25) is 0 Å². The predicted molar refractivity (Wildman–Crippen MR) is 125 cm³/mol. The number of unbranched alkanes of at least 4 members (excludes halogenated alkanes) is 1. The maximum Gasteiger partial charge on any atom is 0.191 e. The Balaban J connectivity index is 0.00000392. The Bertz CT molecular complexity index is 709. The molecular formula is C21H33IN4O2. The standard InChI is InChI=1S/C21H32N4O2.HI/c1-5-8-12-26-17-11-9-10-16(13-17)14-23-21(22-4)24-15-18-19(6-2)25-27-20(18)7-3;/h9-11,13H,5-8,12,14-15H2,1-4H3,(H2,22,23,24);1H. The number of hydrogen-bond acceptors (Lipinski definition) is 4. The summed E-state index contributed by atoms with van der Waals surface area (Å²) in [5, 5.41) is 10.9. The van der Waals surface area contributed by atoms with E-state index in [-0.39, 0.29) is 24.0 Å². The predicted octanol–water partition coefficient (Wildman–Crippen LogP) is 4.46. The summed E-state index contributed by atoms with van der Waals surface area (Å²) in [5.74, 6) is 2.60. The molecule has 156 valence electrons. The first-order chi connectivity index (χ1) is 13.2. The van der Waals surface area contributed by atoms with Gasteiger partial charge in [-0.2, -0.15) is 0 Å². The van der Waals surface area contributed by atoms with Crippen LogP contribution in [0.3, 0.4) is 0 Å². The molecule has 0 saturated carbocycles. The quantitative estimate of drug-likeness (QED) is 0.218. The van der Waals surface area contributed by atoms with E-state index < -0.39 is 0 Å². The van der Waals surface area contributed by atoms with E-state index in [1.165, 1.54) is 0 Å². The highest BCUT2D eigenvalue weighted by atomic mass is 127. The van der Waals surface area contributed by atoms with Crippen molar-refractivity contribution in [2.24, 2.45) is 4.99 Å². The number of halogens is 1. The summed E-state index contributed by atoms with van der Waals surface area (Å²) < 4.78 is 11.2. The van der Waals surface area contributed by atoms with Crippen LogP contribution >= 0.6 is 24.0 Å². The fourth-order valence-electron chi connectivity index (χ4n) is 2.80. The van der Waals surface area contributed by atoms with E-state index >= 15 is 0 Å². The maximum atomic E-state index is 5.78. The van der Waals surface area contributed by atoms with Gasteiger partial charge < -0.3 is 19.9 Å². The van der Waals surface area contributed by atoms with Gasteiger partial charge in [0, 0.05) is 32.1 Å². The zero-order valence-electron chi connectivity index (χ0n) is 17.4. The molecule has 28 heavy (non-hydrogen) atoms. The number of ether oxygens (including phenoxy) is 1. The molecule has 0 aliphatic rings. The number of hydrogen-bond donors (Lipinski definition) is 2. The van der Waals surface area contributed by atoms with E-state index in [1.54, 1.807) is 7.05 Å². The molecule has 0 radical (unpaired) electrons. The maximum absolute atomic E-state index is 5.78. The second kappa shape index (κ2) is 13.4. The summed E-state index contributed by atoms with van der Waals surface area (Å²) in [7, 11) is 1.77. The molecule has 1 heterocycles. The lowest BCUT2D eigenvalue weighted by Crippen LogP contribution is -2.36. The van der Waals surface area contributed by atoms with Crippen molar-refractivity contribution < 1.29 is 9.26 Å². The van der Waals surface area contributed by atoms with E-state index in [2.05, 4.69) is 53.7 Å². The van der Waals surface area contributed by atoms with Crippen molar-refractivity contribution in [3.05, 3.63) is 46.8 Å². The minimum Gasteiger partial charge on any atom is -0.494 e. The van der Waals surface area contributed by atoms with Gasteiger partial charge in [-0.1, -0.05) is 44.5 Å². The van der Waals surface area contributed by atoms with Crippen molar-refractivity contribution in [3.8, 4) is 5.75 Å². The lowest BCUT2D eigenvalue weighted by molar-refractivity contribution is 0.309. The first kappa shape index (κ1) is 24.3. The van der Waals surface area contributed by atoms with Gasteiger partial charge in [-0.25, -0.2) is 0 Å². The fourth-order valence-corrected chi connectivity index (χ4v) is 2.80. The molecule has 0 aliphatic carbocycles. The molecule has 0 atom stereocenters. The normalized spacial score (nSPS) is 11.1. The molecule has 1 aromatic carbocycles. The van der Waals surface area contributed by atoms with Gasteiger partial charge in [-0.05, 0) is 30.5 Å². The third kappa shape index (κ3) is 7.33. The molecule has 0 bridgehead atoms. The second-order valence-electron chi connectivity index (χ2n) is 6.37.